The van der Waals surface area contributed by atoms with Crippen LogP contribution in [0.2, 0.25) is 0 Å². The lowest BCUT2D eigenvalue weighted by Crippen LogP contribution is -2.29. The molecule has 0 aliphatic rings. The topological polar surface area (TPSA) is 57.7 Å². The minimum atomic E-state index is -3.77. The maximum Gasteiger partial charge on any atom is 0.264 e. The first kappa shape index (κ1) is 28.4. The molecular formula is C29H40N2O3S. The Labute approximate surface area is 212 Å². The van der Waals surface area contributed by atoms with Crippen LogP contribution in [0.5, 0.6) is 0 Å². The van der Waals surface area contributed by atoms with E-state index in [1.807, 2.05) is 51.1 Å². The van der Waals surface area contributed by atoms with E-state index in [1.165, 1.54) is 4.31 Å². The van der Waals surface area contributed by atoms with E-state index in [9.17, 15) is 13.2 Å². The molecule has 0 N–H and O–H groups in total. The van der Waals surface area contributed by atoms with Gasteiger partial charge >= 0.3 is 0 Å². The third-order valence-electron chi connectivity index (χ3n) is 5.97. The van der Waals surface area contributed by atoms with E-state index in [1.54, 1.807) is 47.5 Å². The normalized spacial score (nSPS) is 12.2. The quantitative estimate of drug-likeness (QED) is 0.171. The van der Waals surface area contributed by atoms with Crippen molar-refractivity contribution < 1.29 is 13.2 Å². The number of amides is 1. The minimum Gasteiger partial charge on any atom is -0.340 e. The van der Waals surface area contributed by atoms with Gasteiger partial charge in [0.05, 0.1) is 11.4 Å². The number of rotatable bonds is 14. The third-order valence-corrected chi connectivity index (χ3v) is 7.70. The zero-order valence-electron chi connectivity index (χ0n) is 21.6. The molecule has 0 fully saturated rings. The van der Waals surface area contributed by atoms with Gasteiger partial charge in [-0.05, 0) is 63.0 Å². The molecule has 0 aromatic heterocycles. The smallest absolute Gasteiger partial charge is 0.264 e. The number of allylic oxidation sites excluding steroid dienone is 2. The van der Waals surface area contributed by atoms with Crippen LogP contribution in [-0.2, 0) is 21.4 Å². The number of nitrogens with zero attached hydrogens (tertiary/aromatic N) is 2. The fourth-order valence-electron chi connectivity index (χ4n) is 3.75. The van der Waals surface area contributed by atoms with Gasteiger partial charge in [0.1, 0.15) is 0 Å². The van der Waals surface area contributed by atoms with Crippen LogP contribution in [0.3, 0.4) is 0 Å². The van der Waals surface area contributed by atoms with E-state index in [4.69, 9.17) is 0 Å². The molecule has 0 heterocycles. The van der Waals surface area contributed by atoms with Crippen molar-refractivity contribution in [1.29, 1.82) is 0 Å². The zero-order valence-corrected chi connectivity index (χ0v) is 22.4. The Hall–Kier alpha value is -2.86. The van der Waals surface area contributed by atoms with Gasteiger partial charge in [0, 0.05) is 25.4 Å². The number of hydrogen-bond acceptors (Lipinski definition) is 3. The number of benzene rings is 2. The molecule has 0 bridgehead atoms. The van der Waals surface area contributed by atoms with Crippen molar-refractivity contribution >= 4 is 15.9 Å². The highest BCUT2D eigenvalue weighted by Crippen LogP contribution is 2.21. The van der Waals surface area contributed by atoms with Crippen LogP contribution in [-0.4, -0.2) is 36.6 Å². The summed E-state index contributed by atoms with van der Waals surface area (Å²) < 4.78 is 28.5. The largest absolute Gasteiger partial charge is 0.340 e. The van der Waals surface area contributed by atoms with Gasteiger partial charge in [-0.25, -0.2) is 8.42 Å². The standard InChI is InChI=1S/C29H40N2O3S/c1-5-8-9-11-14-26(23-29(32)30(6-2)7-3)21-22-31(24-27-15-12-10-13-16-27)35(33,34)28-19-17-25(4)18-20-28/h10,12-13,15-23H,5-9,11,14,24H2,1-4H3/b22-21+,26-23+. The molecule has 1 amide bonds. The van der Waals surface area contributed by atoms with Crippen LogP contribution in [0.25, 0.3) is 0 Å². The van der Waals surface area contributed by atoms with Crippen LogP contribution in [0.1, 0.15) is 64.0 Å². The molecule has 0 aliphatic carbocycles. The second kappa shape index (κ2) is 14.5. The Morgan fingerprint density at radius 2 is 1.54 bits per heavy atom. The van der Waals surface area contributed by atoms with Gasteiger partial charge < -0.3 is 4.90 Å². The molecule has 0 spiro atoms. The van der Waals surface area contributed by atoms with Gasteiger partial charge in [-0.15, -0.1) is 0 Å². The fraction of sp³-hybridized carbons (Fsp3) is 0.414. The number of carbonyl (C=O) groups excluding carboxylic acids is 1. The van der Waals surface area contributed by atoms with Crippen molar-refractivity contribution in [2.75, 3.05) is 13.1 Å². The summed E-state index contributed by atoms with van der Waals surface area (Å²) >= 11 is 0. The number of hydrogen-bond donors (Lipinski definition) is 0. The molecule has 5 nitrogen and oxygen atoms in total. The molecule has 0 saturated carbocycles. The lowest BCUT2D eigenvalue weighted by atomic mass is 10.1. The summed E-state index contributed by atoms with van der Waals surface area (Å²) in [4.78, 5) is 14.8. The summed E-state index contributed by atoms with van der Waals surface area (Å²) in [6.07, 6.45) is 10.1. The average molecular weight is 497 g/mol. The number of carbonyl (C=O) groups is 1. The van der Waals surface area contributed by atoms with Crippen LogP contribution >= 0.6 is 0 Å². The van der Waals surface area contributed by atoms with Gasteiger partial charge in [-0.2, -0.15) is 0 Å². The van der Waals surface area contributed by atoms with E-state index in [0.29, 0.717) is 13.1 Å². The highest BCUT2D eigenvalue weighted by molar-refractivity contribution is 7.89. The van der Waals surface area contributed by atoms with Gasteiger partial charge in [-0.1, -0.05) is 74.2 Å². The molecule has 0 unspecified atom stereocenters. The number of sulfonamides is 1. The van der Waals surface area contributed by atoms with E-state index >= 15 is 0 Å². The van der Waals surface area contributed by atoms with E-state index in [0.717, 1.165) is 48.8 Å². The first-order valence-electron chi connectivity index (χ1n) is 12.6. The summed E-state index contributed by atoms with van der Waals surface area (Å²) in [5.41, 5.74) is 2.73. The van der Waals surface area contributed by atoms with Crippen LogP contribution < -0.4 is 0 Å². The average Bonchev–Trinajstić information content (AvgIpc) is 2.85. The lowest BCUT2D eigenvalue weighted by Gasteiger charge is -2.21. The molecule has 190 valence electrons. The molecule has 2 aromatic rings. The monoisotopic (exact) mass is 496 g/mol. The summed E-state index contributed by atoms with van der Waals surface area (Å²) in [7, 11) is -3.77. The van der Waals surface area contributed by atoms with Crippen LogP contribution in [0.4, 0.5) is 0 Å². The zero-order chi connectivity index (χ0) is 25.7. The van der Waals surface area contributed by atoms with Gasteiger partial charge in [0.25, 0.3) is 10.0 Å². The van der Waals surface area contributed by atoms with Crippen molar-refractivity contribution in [1.82, 2.24) is 9.21 Å². The van der Waals surface area contributed by atoms with Crippen LogP contribution in [0.15, 0.2) is 83.4 Å². The van der Waals surface area contributed by atoms with Crippen molar-refractivity contribution in [3.63, 3.8) is 0 Å². The maximum atomic E-state index is 13.6. The Bertz CT molecular complexity index is 1070. The second-order valence-electron chi connectivity index (χ2n) is 8.71. The van der Waals surface area contributed by atoms with Crippen molar-refractivity contribution in [2.24, 2.45) is 0 Å². The predicted octanol–water partition coefficient (Wildman–Crippen LogP) is 6.46. The van der Waals surface area contributed by atoms with E-state index < -0.39 is 10.0 Å². The predicted molar refractivity (Wildman–Crippen MR) is 144 cm³/mol. The van der Waals surface area contributed by atoms with Crippen LogP contribution in [0, 0.1) is 6.92 Å². The SMILES string of the molecule is CCCCCCC(/C=C/N(Cc1ccccc1)S(=O)(=O)c1ccc(C)cc1)=C\C(=O)N(CC)CC. The van der Waals surface area contributed by atoms with Gasteiger partial charge in [0.15, 0.2) is 0 Å². The Kier molecular flexibility index (Phi) is 11.8. The molecule has 0 aliphatic heterocycles. The summed E-state index contributed by atoms with van der Waals surface area (Å²) in [6.45, 7) is 9.50. The minimum absolute atomic E-state index is 0.0406. The maximum absolute atomic E-state index is 13.6. The number of aryl methyl sites for hydroxylation is 1. The molecular weight excluding hydrogens is 456 g/mol. The Morgan fingerprint density at radius 1 is 0.886 bits per heavy atom. The molecule has 0 saturated heterocycles. The van der Waals surface area contributed by atoms with Gasteiger partial charge in [0.2, 0.25) is 5.91 Å². The molecule has 6 heteroatoms. The summed E-state index contributed by atoms with van der Waals surface area (Å²) in [5, 5.41) is 0. The summed E-state index contributed by atoms with van der Waals surface area (Å²) in [6, 6.07) is 16.4. The van der Waals surface area contributed by atoms with Crippen molar-refractivity contribution in [3.05, 3.63) is 89.6 Å². The first-order chi connectivity index (χ1) is 16.8. The Morgan fingerprint density at radius 3 is 2.14 bits per heavy atom. The first-order valence-corrected chi connectivity index (χ1v) is 14.1. The van der Waals surface area contributed by atoms with Crippen molar-refractivity contribution in [3.8, 4) is 0 Å². The fourth-order valence-corrected chi connectivity index (χ4v) is 5.04. The summed E-state index contributed by atoms with van der Waals surface area (Å²) in [5.74, 6) is -0.0406. The molecule has 2 rings (SSSR count). The third kappa shape index (κ3) is 9.02. The number of likely N-dealkylation sites (N-methyl/N-ethyl adjacent to an activating group) is 1. The van der Waals surface area contributed by atoms with Gasteiger partial charge in [-0.3, -0.25) is 9.10 Å². The molecule has 0 radical (unpaired) electrons. The second-order valence-corrected chi connectivity index (χ2v) is 10.6. The van der Waals surface area contributed by atoms with E-state index in [2.05, 4.69) is 6.92 Å². The molecule has 35 heavy (non-hydrogen) atoms. The van der Waals surface area contributed by atoms with E-state index in [-0.39, 0.29) is 17.3 Å². The Balaban J connectivity index is 2.41. The molecule has 2 aromatic carbocycles. The highest BCUT2D eigenvalue weighted by Gasteiger charge is 2.22. The number of unbranched alkanes of at least 4 members (excludes halogenated alkanes) is 3. The van der Waals surface area contributed by atoms with Crippen molar-refractivity contribution in [2.45, 2.75) is 71.2 Å². The highest BCUT2D eigenvalue weighted by atomic mass is 32.2. The lowest BCUT2D eigenvalue weighted by molar-refractivity contribution is -0.125. The molecule has 0 atom stereocenters.